The Balaban J connectivity index is 2.28. The van der Waals surface area contributed by atoms with Crippen molar-refractivity contribution in [1.82, 2.24) is 0 Å². The van der Waals surface area contributed by atoms with Crippen molar-refractivity contribution in [3.05, 3.63) is 16.9 Å². The van der Waals surface area contributed by atoms with Crippen LogP contribution in [0.4, 0.5) is 15.8 Å². The van der Waals surface area contributed by atoms with Gasteiger partial charge in [0.15, 0.2) is 11.6 Å². The van der Waals surface area contributed by atoms with Crippen LogP contribution in [0.15, 0.2) is 6.07 Å². The smallest absolute Gasteiger partial charge is 0.191 e. The standard InChI is InChI=1S/C10H12ClFN2O3/c11-6-3-7(14(15)16)9(13)8(12)10(6)17-4-5-1-2-5/h3,5,15-16H,1-2,4,13H2. The molecule has 17 heavy (non-hydrogen) atoms. The van der Waals surface area contributed by atoms with Gasteiger partial charge < -0.3 is 10.5 Å². The summed E-state index contributed by atoms with van der Waals surface area (Å²) in [4.78, 5) is 0. The van der Waals surface area contributed by atoms with Crippen molar-refractivity contribution in [2.45, 2.75) is 12.8 Å². The number of rotatable bonds is 4. The van der Waals surface area contributed by atoms with E-state index in [4.69, 9.17) is 32.5 Å². The lowest BCUT2D eigenvalue weighted by molar-refractivity contribution is 0.0294. The first-order valence-electron chi connectivity index (χ1n) is 5.09. The highest BCUT2D eigenvalue weighted by atomic mass is 35.5. The van der Waals surface area contributed by atoms with Crippen LogP contribution in [0, 0.1) is 11.7 Å². The molecular weight excluding hydrogens is 251 g/mol. The van der Waals surface area contributed by atoms with Crippen LogP contribution < -0.4 is 15.7 Å². The van der Waals surface area contributed by atoms with Crippen molar-refractivity contribution in [3.8, 4) is 5.75 Å². The summed E-state index contributed by atoms with van der Waals surface area (Å²) in [5, 5.41) is 17.3. The molecule has 0 aromatic heterocycles. The molecule has 1 saturated carbocycles. The molecule has 0 bridgehead atoms. The number of anilines is 2. The average Bonchev–Trinajstić information content (AvgIpc) is 3.06. The topological polar surface area (TPSA) is 79.0 Å². The van der Waals surface area contributed by atoms with Gasteiger partial charge in [0.05, 0.1) is 11.6 Å². The van der Waals surface area contributed by atoms with E-state index in [0.717, 1.165) is 18.9 Å². The molecule has 0 heterocycles. The van der Waals surface area contributed by atoms with Crippen LogP contribution in [0.2, 0.25) is 5.02 Å². The lowest BCUT2D eigenvalue weighted by Crippen LogP contribution is -2.15. The first kappa shape index (κ1) is 12.2. The summed E-state index contributed by atoms with van der Waals surface area (Å²) < 4.78 is 19.0. The Kier molecular flexibility index (Phi) is 3.28. The lowest BCUT2D eigenvalue weighted by atomic mass is 10.2. The Morgan fingerprint density at radius 3 is 2.71 bits per heavy atom. The molecule has 4 N–H and O–H groups in total. The largest absolute Gasteiger partial charge is 0.489 e. The fraction of sp³-hybridized carbons (Fsp3) is 0.400. The molecule has 94 valence electrons. The quantitative estimate of drug-likeness (QED) is 0.574. The van der Waals surface area contributed by atoms with Crippen molar-refractivity contribution in [1.29, 1.82) is 0 Å². The summed E-state index contributed by atoms with van der Waals surface area (Å²) in [6.45, 7) is 0.386. The van der Waals surface area contributed by atoms with Crippen molar-refractivity contribution in [2.75, 3.05) is 17.6 Å². The highest BCUT2D eigenvalue weighted by molar-refractivity contribution is 6.32. The fourth-order valence-electron chi connectivity index (χ4n) is 1.39. The highest BCUT2D eigenvalue weighted by Crippen LogP contribution is 2.39. The monoisotopic (exact) mass is 262 g/mol. The average molecular weight is 263 g/mol. The van der Waals surface area contributed by atoms with Gasteiger partial charge in [-0.1, -0.05) is 11.6 Å². The molecular formula is C10H12ClFN2O3. The Morgan fingerprint density at radius 2 is 2.18 bits per heavy atom. The number of nitrogens with zero attached hydrogens (tertiary/aromatic N) is 1. The van der Waals surface area contributed by atoms with Gasteiger partial charge in [0.1, 0.15) is 11.4 Å². The van der Waals surface area contributed by atoms with E-state index in [1.165, 1.54) is 0 Å². The molecule has 2 rings (SSSR count). The Morgan fingerprint density at radius 1 is 1.53 bits per heavy atom. The summed E-state index contributed by atoms with van der Waals surface area (Å²) in [7, 11) is 0. The van der Waals surface area contributed by atoms with Gasteiger partial charge >= 0.3 is 0 Å². The zero-order valence-electron chi connectivity index (χ0n) is 8.86. The van der Waals surface area contributed by atoms with Crippen LogP contribution in [0.1, 0.15) is 12.8 Å². The first-order valence-corrected chi connectivity index (χ1v) is 5.46. The van der Waals surface area contributed by atoms with Crippen molar-refractivity contribution < 1.29 is 19.5 Å². The van der Waals surface area contributed by atoms with Crippen LogP contribution >= 0.6 is 11.6 Å². The van der Waals surface area contributed by atoms with Crippen molar-refractivity contribution >= 4 is 23.0 Å². The minimum Gasteiger partial charge on any atom is -0.489 e. The van der Waals surface area contributed by atoms with E-state index in [1.54, 1.807) is 0 Å². The SMILES string of the molecule is Nc1c(N(O)O)cc(Cl)c(OCC2CC2)c1F. The van der Waals surface area contributed by atoms with Crippen molar-refractivity contribution in [3.63, 3.8) is 0 Å². The second-order valence-corrected chi connectivity index (χ2v) is 4.39. The van der Waals surface area contributed by atoms with Gasteiger partial charge in [-0.15, -0.1) is 5.23 Å². The summed E-state index contributed by atoms with van der Waals surface area (Å²) in [6.07, 6.45) is 2.13. The van der Waals surface area contributed by atoms with Gasteiger partial charge in [0.2, 0.25) is 0 Å². The fourth-order valence-corrected chi connectivity index (χ4v) is 1.63. The number of hydrogen-bond acceptors (Lipinski definition) is 5. The van der Waals surface area contributed by atoms with Crippen LogP contribution in [0.25, 0.3) is 0 Å². The van der Waals surface area contributed by atoms with Gasteiger partial charge in [0, 0.05) is 0 Å². The van der Waals surface area contributed by atoms with Gasteiger partial charge in [0.25, 0.3) is 0 Å². The molecule has 0 amide bonds. The zero-order valence-corrected chi connectivity index (χ0v) is 9.62. The Labute approximate surface area is 102 Å². The molecule has 1 fully saturated rings. The van der Waals surface area contributed by atoms with Crippen LogP contribution in [0.5, 0.6) is 5.75 Å². The van der Waals surface area contributed by atoms with E-state index < -0.39 is 11.5 Å². The third-order valence-electron chi connectivity index (χ3n) is 2.57. The maximum atomic E-state index is 13.8. The van der Waals surface area contributed by atoms with Gasteiger partial charge in [-0.2, -0.15) is 0 Å². The van der Waals surface area contributed by atoms with E-state index in [-0.39, 0.29) is 21.7 Å². The van der Waals surface area contributed by atoms with E-state index >= 15 is 0 Å². The summed E-state index contributed by atoms with van der Waals surface area (Å²) in [5.74, 6) is -0.596. The number of nitrogen functional groups attached to an aromatic ring is 1. The lowest BCUT2D eigenvalue weighted by Gasteiger charge is -2.15. The molecule has 5 nitrogen and oxygen atoms in total. The molecule has 1 aliphatic rings. The Bertz CT molecular complexity index is 438. The van der Waals surface area contributed by atoms with E-state index in [1.807, 2.05) is 0 Å². The third kappa shape index (κ3) is 2.54. The first-order chi connectivity index (χ1) is 8.00. The molecule has 0 saturated heterocycles. The molecule has 0 atom stereocenters. The third-order valence-corrected chi connectivity index (χ3v) is 2.85. The predicted octanol–water partition coefficient (Wildman–Crippen LogP) is 2.43. The molecule has 7 heteroatoms. The molecule has 1 aromatic rings. The number of nitrogens with two attached hydrogens (primary N) is 1. The van der Waals surface area contributed by atoms with Crippen LogP contribution in [-0.2, 0) is 0 Å². The maximum absolute atomic E-state index is 13.8. The molecule has 0 radical (unpaired) electrons. The Hall–Kier alpha value is -1.24. The maximum Gasteiger partial charge on any atom is 0.191 e. The minimum atomic E-state index is -0.888. The van der Waals surface area contributed by atoms with E-state index in [2.05, 4.69) is 0 Å². The summed E-state index contributed by atoms with van der Waals surface area (Å²) in [6, 6.07) is 1.13. The van der Waals surface area contributed by atoms with Gasteiger partial charge in [-0.3, -0.25) is 10.4 Å². The van der Waals surface area contributed by atoms with Gasteiger partial charge in [-0.05, 0) is 24.8 Å². The number of hydrogen-bond donors (Lipinski definition) is 3. The van der Waals surface area contributed by atoms with Crippen LogP contribution in [-0.4, -0.2) is 17.0 Å². The van der Waals surface area contributed by atoms with Crippen LogP contribution in [0.3, 0.4) is 0 Å². The molecule has 0 spiro atoms. The second-order valence-electron chi connectivity index (χ2n) is 3.98. The predicted molar refractivity (Wildman–Crippen MR) is 60.1 cm³/mol. The minimum absolute atomic E-state index is 0.0551. The summed E-state index contributed by atoms with van der Waals surface area (Å²) in [5.41, 5.74) is 4.65. The number of ether oxygens (including phenoxy) is 1. The second kappa shape index (κ2) is 4.56. The van der Waals surface area contributed by atoms with Crippen molar-refractivity contribution in [2.24, 2.45) is 5.92 Å². The van der Waals surface area contributed by atoms with E-state index in [9.17, 15) is 4.39 Å². The van der Waals surface area contributed by atoms with Gasteiger partial charge in [-0.25, -0.2) is 4.39 Å². The molecule has 1 aromatic carbocycles. The normalized spacial score (nSPS) is 14.8. The van der Waals surface area contributed by atoms with E-state index in [0.29, 0.717) is 12.5 Å². The molecule has 1 aliphatic carbocycles. The molecule has 0 unspecified atom stereocenters. The highest BCUT2D eigenvalue weighted by Gasteiger charge is 2.25. The number of halogens is 2. The zero-order chi connectivity index (χ0) is 12.6. The summed E-state index contributed by atoms with van der Waals surface area (Å²) >= 11 is 5.79. The molecule has 0 aliphatic heterocycles. The number of benzene rings is 1.